The molecule has 1 atom stereocenters. The van der Waals surface area contributed by atoms with Crippen molar-refractivity contribution in [1.29, 1.82) is 0 Å². The molecule has 2 saturated heterocycles. The molecule has 0 saturated carbocycles. The SMILES string of the molecule is CC(C)C1CCCN(CC2(C(=O)O)CCOCC2)CC1. The van der Waals surface area contributed by atoms with Crippen molar-refractivity contribution in [2.75, 3.05) is 32.8 Å². The Morgan fingerprint density at radius 2 is 2.00 bits per heavy atom. The van der Waals surface area contributed by atoms with Gasteiger partial charge >= 0.3 is 5.97 Å². The molecule has 0 amide bonds. The lowest BCUT2D eigenvalue weighted by molar-refractivity contribution is -0.156. The number of carbonyl (C=O) groups is 1. The molecule has 2 rings (SSSR count). The zero-order valence-electron chi connectivity index (χ0n) is 12.9. The quantitative estimate of drug-likeness (QED) is 0.861. The Labute approximate surface area is 122 Å². The molecule has 2 heterocycles. The van der Waals surface area contributed by atoms with Crippen LogP contribution in [-0.4, -0.2) is 48.8 Å². The molecule has 1 N–H and O–H groups in total. The Balaban J connectivity index is 1.95. The Hall–Kier alpha value is -0.610. The third-order valence-corrected chi connectivity index (χ3v) is 5.24. The van der Waals surface area contributed by atoms with Crippen LogP contribution in [0, 0.1) is 17.3 Å². The van der Waals surface area contributed by atoms with Gasteiger partial charge in [-0.1, -0.05) is 13.8 Å². The molecular formula is C16H29NO3. The average molecular weight is 283 g/mol. The molecule has 0 aromatic heterocycles. The molecular weight excluding hydrogens is 254 g/mol. The fourth-order valence-electron chi connectivity index (χ4n) is 3.64. The molecule has 1 unspecified atom stereocenters. The Kier molecular flexibility index (Phi) is 5.44. The van der Waals surface area contributed by atoms with Gasteiger partial charge in [-0.2, -0.15) is 0 Å². The lowest BCUT2D eigenvalue weighted by Crippen LogP contribution is -2.47. The summed E-state index contributed by atoms with van der Waals surface area (Å²) in [6.07, 6.45) is 5.02. The standard InChI is InChI=1S/C16H29NO3/c1-13(2)14-4-3-8-17(9-5-14)12-16(15(18)19)6-10-20-11-7-16/h13-14H,3-12H2,1-2H3,(H,18,19). The van der Waals surface area contributed by atoms with Crippen LogP contribution in [0.3, 0.4) is 0 Å². The van der Waals surface area contributed by atoms with Crippen molar-refractivity contribution in [3.05, 3.63) is 0 Å². The number of ether oxygens (including phenoxy) is 1. The minimum absolute atomic E-state index is 0.573. The highest BCUT2D eigenvalue weighted by atomic mass is 16.5. The molecule has 2 aliphatic rings. The van der Waals surface area contributed by atoms with Gasteiger partial charge in [0.1, 0.15) is 0 Å². The number of aliphatic carboxylic acids is 1. The molecule has 0 bridgehead atoms. The predicted octanol–water partition coefficient (Wildman–Crippen LogP) is 2.63. The van der Waals surface area contributed by atoms with Crippen molar-refractivity contribution in [1.82, 2.24) is 4.90 Å². The number of carboxylic acid groups (broad SMARTS) is 1. The zero-order chi connectivity index (χ0) is 14.6. The lowest BCUT2D eigenvalue weighted by atomic mass is 9.79. The van der Waals surface area contributed by atoms with E-state index >= 15 is 0 Å². The summed E-state index contributed by atoms with van der Waals surface area (Å²) in [5.74, 6) is 0.910. The van der Waals surface area contributed by atoms with E-state index in [-0.39, 0.29) is 0 Å². The molecule has 4 heteroatoms. The van der Waals surface area contributed by atoms with E-state index in [4.69, 9.17) is 4.74 Å². The predicted molar refractivity (Wildman–Crippen MR) is 78.7 cm³/mol. The van der Waals surface area contributed by atoms with Gasteiger partial charge in [-0.3, -0.25) is 4.79 Å². The number of likely N-dealkylation sites (tertiary alicyclic amines) is 1. The summed E-state index contributed by atoms with van der Waals surface area (Å²) in [6, 6.07) is 0. The molecule has 4 nitrogen and oxygen atoms in total. The van der Waals surface area contributed by atoms with Gasteiger partial charge in [-0.15, -0.1) is 0 Å². The van der Waals surface area contributed by atoms with Crippen LogP contribution >= 0.6 is 0 Å². The molecule has 0 radical (unpaired) electrons. The summed E-state index contributed by atoms with van der Waals surface area (Å²) < 4.78 is 5.36. The van der Waals surface area contributed by atoms with Crippen molar-refractivity contribution in [3.63, 3.8) is 0 Å². The summed E-state index contributed by atoms with van der Waals surface area (Å²) in [4.78, 5) is 14.1. The number of nitrogens with zero attached hydrogens (tertiary/aromatic N) is 1. The monoisotopic (exact) mass is 283 g/mol. The van der Waals surface area contributed by atoms with Crippen molar-refractivity contribution in [3.8, 4) is 0 Å². The number of carboxylic acids is 1. The molecule has 0 aliphatic carbocycles. The van der Waals surface area contributed by atoms with Crippen LogP contribution in [0.5, 0.6) is 0 Å². The van der Waals surface area contributed by atoms with E-state index in [1.807, 2.05) is 0 Å². The van der Waals surface area contributed by atoms with Gasteiger partial charge in [0.25, 0.3) is 0 Å². The van der Waals surface area contributed by atoms with Crippen LogP contribution in [0.1, 0.15) is 46.0 Å². The smallest absolute Gasteiger partial charge is 0.311 e. The number of hydrogen-bond donors (Lipinski definition) is 1. The van der Waals surface area contributed by atoms with E-state index < -0.39 is 11.4 Å². The van der Waals surface area contributed by atoms with Gasteiger partial charge < -0.3 is 14.7 Å². The molecule has 2 aliphatic heterocycles. The van der Waals surface area contributed by atoms with Gasteiger partial charge in [0.2, 0.25) is 0 Å². The van der Waals surface area contributed by atoms with Crippen molar-refractivity contribution in [2.45, 2.75) is 46.0 Å². The molecule has 20 heavy (non-hydrogen) atoms. The first-order chi connectivity index (χ1) is 9.53. The fraction of sp³-hybridized carbons (Fsp3) is 0.938. The minimum Gasteiger partial charge on any atom is -0.481 e. The van der Waals surface area contributed by atoms with E-state index in [0.717, 1.165) is 24.9 Å². The summed E-state index contributed by atoms with van der Waals surface area (Å²) in [5.41, 5.74) is -0.573. The second kappa shape index (κ2) is 6.90. The normalized spacial score (nSPS) is 28.2. The van der Waals surface area contributed by atoms with Crippen LogP contribution in [0.2, 0.25) is 0 Å². The van der Waals surface area contributed by atoms with Crippen LogP contribution in [0.25, 0.3) is 0 Å². The van der Waals surface area contributed by atoms with Crippen LogP contribution < -0.4 is 0 Å². The molecule has 2 fully saturated rings. The van der Waals surface area contributed by atoms with E-state index in [1.165, 1.54) is 19.3 Å². The summed E-state index contributed by atoms with van der Waals surface area (Å²) in [5, 5.41) is 9.65. The van der Waals surface area contributed by atoms with E-state index in [1.54, 1.807) is 0 Å². The fourth-order valence-corrected chi connectivity index (χ4v) is 3.64. The van der Waals surface area contributed by atoms with Gasteiger partial charge in [0.05, 0.1) is 5.41 Å². The average Bonchev–Trinajstić information content (AvgIpc) is 2.65. The highest BCUT2D eigenvalue weighted by Gasteiger charge is 2.41. The Bertz CT molecular complexity index is 324. The first-order valence-corrected chi connectivity index (χ1v) is 8.07. The van der Waals surface area contributed by atoms with E-state index in [0.29, 0.717) is 32.6 Å². The first-order valence-electron chi connectivity index (χ1n) is 8.07. The molecule has 0 aromatic carbocycles. The van der Waals surface area contributed by atoms with E-state index in [2.05, 4.69) is 18.7 Å². The third-order valence-electron chi connectivity index (χ3n) is 5.24. The van der Waals surface area contributed by atoms with Crippen LogP contribution in [0.4, 0.5) is 0 Å². The second-order valence-electron chi connectivity index (χ2n) is 6.91. The maximum atomic E-state index is 11.7. The van der Waals surface area contributed by atoms with Gasteiger partial charge in [-0.25, -0.2) is 0 Å². The maximum absolute atomic E-state index is 11.7. The molecule has 116 valence electrons. The van der Waals surface area contributed by atoms with Gasteiger partial charge in [0, 0.05) is 19.8 Å². The maximum Gasteiger partial charge on any atom is 0.311 e. The van der Waals surface area contributed by atoms with Gasteiger partial charge in [0.15, 0.2) is 0 Å². The Morgan fingerprint density at radius 3 is 2.60 bits per heavy atom. The van der Waals surface area contributed by atoms with Crippen molar-refractivity contribution < 1.29 is 14.6 Å². The minimum atomic E-state index is -0.634. The molecule has 0 spiro atoms. The topological polar surface area (TPSA) is 49.8 Å². The highest BCUT2D eigenvalue weighted by Crippen LogP contribution is 2.33. The third kappa shape index (κ3) is 3.73. The van der Waals surface area contributed by atoms with Gasteiger partial charge in [-0.05, 0) is 57.0 Å². The summed E-state index contributed by atoms with van der Waals surface area (Å²) in [6.45, 7) is 8.60. The highest BCUT2D eigenvalue weighted by molar-refractivity contribution is 5.75. The van der Waals surface area contributed by atoms with Crippen LogP contribution in [0.15, 0.2) is 0 Å². The van der Waals surface area contributed by atoms with Crippen LogP contribution in [-0.2, 0) is 9.53 Å². The van der Waals surface area contributed by atoms with E-state index in [9.17, 15) is 9.90 Å². The number of rotatable bonds is 4. The van der Waals surface area contributed by atoms with Crippen molar-refractivity contribution >= 4 is 5.97 Å². The largest absolute Gasteiger partial charge is 0.481 e. The lowest BCUT2D eigenvalue weighted by Gasteiger charge is -2.37. The summed E-state index contributed by atoms with van der Waals surface area (Å²) >= 11 is 0. The Morgan fingerprint density at radius 1 is 1.30 bits per heavy atom. The second-order valence-corrected chi connectivity index (χ2v) is 6.91. The summed E-state index contributed by atoms with van der Waals surface area (Å²) in [7, 11) is 0. The van der Waals surface area contributed by atoms with Crippen molar-refractivity contribution in [2.24, 2.45) is 17.3 Å². The first kappa shape index (κ1) is 15.8. The zero-order valence-corrected chi connectivity index (χ0v) is 12.9. The molecule has 0 aromatic rings. The number of hydrogen-bond acceptors (Lipinski definition) is 3.